The highest BCUT2D eigenvalue weighted by molar-refractivity contribution is 7.99. The van der Waals surface area contributed by atoms with E-state index in [1.54, 1.807) is 17.8 Å². The van der Waals surface area contributed by atoms with Crippen molar-refractivity contribution in [2.45, 2.75) is 38.0 Å². The Kier molecular flexibility index (Phi) is 7.05. The van der Waals surface area contributed by atoms with E-state index in [1.807, 2.05) is 18.2 Å². The van der Waals surface area contributed by atoms with E-state index in [-0.39, 0.29) is 5.97 Å². The molecule has 0 spiro atoms. The predicted molar refractivity (Wildman–Crippen MR) is 75.8 cm³/mol. The number of para-hydroxylation sites is 1. The lowest BCUT2D eigenvalue weighted by atomic mass is 10.3. The molecule has 0 heterocycles. The average Bonchev–Trinajstić information content (AvgIpc) is 2.35. The third-order valence-corrected chi connectivity index (χ3v) is 3.12. The summed E-state index contributed by atoms with van der Waals surface area (Å²) in [6.45, 7) is 3.57. The zero-order valence-electron chi connectivity index (χ0n) is 10.9. The van der Waals surface area contributed by atoms with Crippen molar-refractivity contribution < 1.29 is 9.53 Å². The van der Waals surface area contributed by atoms with Crippen molar-refractivity contribution in [2.75, 3.05) is 5.75 Å². The standard InChI is InChI=1S/C15H18O2S/c1-3-4-5-6-9-12-18-15-11-8-7-10-14(15)17-13(2)16/h7-8,10-11H,3-5,12H2,1-2H3. The Hall–Kier alpha value is -1.40. The summed E-state index contributed by atoms with van der Waals surface area (Å²) in [5.41, 5.74) is 0. The molecule has 1 aromatic carbocycles. The van der Waals surface area contributed by atoms with Gasteiger partial charge in [-0.2, -0.15) is 0 Å². The van der Waals surface area contributed by atoms with Crippen molar-refractivity contribution in [3.63, 3.8) is 0 Å². The van der Waals surface area contributed by atoms with Gasteiger partial charge in [0, 0.05) is 13.3 Å². The van der Waals surface area contributed by atoms with Crippen molar-refractivity contribution in [1.29, 1.82) is 0 Å². The molecule has 0 saturated carbocycles. The molecule has 1 aromatic rings. The fourth-order valence-corrected chi connectivity index (χ4v) is 2.08. The van der Waals surface area contributed by atoms with Crippen LogP contribution >= 0.6 is 11.8 Å². The number of carbonyl (C=O) groups excluding carboxylic acids is 1. The smallest absolute Gasteiger partial charge is 0.308 e. The summed E-state index contributed by atoms with van der Waals surface area (Å²) in [5, 5.41) is 0. The van der Waals surface area contributed by atoms with Crippen LogP contribution in [0.25, 0.3) is 0 Å². The second-order valence-electron chi connectivity index (χ2n) is 3.79. The number of thioether (sulfide) groups is 1. The summed E-state index contributed by atoms with van der Waals surface area (Å²) < 4.78 is 5.13. The molecular weight excluding hydrogens is 244 g/mol. The second-order valence-corrected chi connectivity index (χ2v) is 4.80. The Morgan fingerprint density at radius 2 is 2.11 bits per heavy atom. The van der Waals surface area contributed by atoms with Crippen LogP contribution in [0.2, 0.25) is 0 Å². The lowest BCUT2D eigenvalue weighted by Crippen LogP contribution is -2.02. The molecule has 3 heteroatoms. The van der Waals surface area contributed by atoms with E-state index in [0.29, 0.717) is 5.75 Å². The van der Waals surface area contributed by atoms with Gasteiger partial charge in [-0.15, -0.1) is 17.7 Å². The number of rotatable bonds is 5. The first-order valence-corrected chi connectivity index (χ1v) is 7.08. The molecule has 0 aliphatic heterocycles. The molecule has 0 bridgehead atoms. The molecule has 1 rings (SSSR count). The lowest BCUT2D eigenvalue weighted by molar-refractivity contribution is -0.132. The van der Waals surface area contributed by atoms with Crippen LogP contribution in [-0.4, -0.2) is 11.7 Å². The number of esters is 1. The van der Waals surface area contributed by atoms with Gasteiger partial charge in [0.2, 0.25) is 0 Å². The van der Waals surface area contributed by atoms with Gasteiger partial charge in [-0.25, -0.2) is 0 Å². The molecule has 0 unspecified atom stereocenters. The molecule has 0 fully saturated rings. The maximum absolute atomic E-state index is 11.0. The highest BCUT2D eigenvalue weighted by atomic mass is 32.2. The fourth-order valence-electron chi connectivity index (χ4n) is 1.33. The molecule has 0 aliphatic carbocycles. The monoisotopic (exact) mass is 262 g/mol. The molecule has 96 valence electrons. The fraction of sp³-hybridized carbons (Fsp3) is 0.400. The summed E-state index contributed by atoms with van der Waals surface area (Å²) >= 11 is 1.60. The normalized spacial score (nSPS) is 9.44. The van der Waals surface area contributed by atoms with E-state index in [4.69, 9.17) is 4.74 Å². The quantitative estimate of drug-likeness (QED) is 0.265. The zero-order chi connectivity index (χ0) is 13.2. The predicted octanol–water partition coefficient (Wildman–Crippen LogP) is 3.90. The molecule has 2 nitrogen and oxygen atoms in total. The summed E-state index contributed by atoms with van der Waals surface area (Å²) in [4.78, 5) is 11.9. The molecule has 0 N–H and O–H groups in total. The van der Waals surface area contributed by atoms with Crippen LogP contribution in [0.4, 0.5) is 0 Å². The van der Waals surface area contributed by atoms with Gasteiger partial charge < -0.3 is 4.74 Å². The highest BCUT2D eigenvalue weighted by Crippen LogP contribution is 2.28. The van der Waals surface area contributed by atoms with Gasteiger partial charge in [0.15, 0.2) is 0 Å². The van der Waals surface area contributed by atoms with Crippen LogP contribution in [0.5, 0.6) is 5.75 Å². The minimum atomic E-state index is -0.294. The van der Waals surface area contributed by atoms with Gasteiger partial charge in [0.25, 0.3) is 0 Å². The van der Waals surface area contributed by atoms with Crippen molar-refractivity contribution in [1.82, 2.24) is 0 Å². The van der Waals surface area contributed by atoms with Crippen molar-refractivity contribution in [3.05, 3.63) is 24.3 Å². The molecule has 18 heavy (non-hydrogen) atoms. The Bertz CT molecular complexity index is 443. The van der Waals surface area contributed by atoms with E-state index in [2.05, 4.69) is 18.8 Å². The van der Waals surface area contributed by atoms with Gasteiger partial charge in [0.05, 0.1) is 10.6 Å². The van der Waals surface area contributed by atoms with E-state index >= 15 is 0 Å². The van der Waals surface area contributed by atoms with E-state index < -0.39 is 0 Å². The van der Waals surface area contributed by atoms with Crippen LogP contribution in [0.15, 0.2) is 29.2 Å². The van der Waals surface area contributed by atoms with Crippen molar-refractivity contribution in [3.8, 4) is 17.6 Å². The molecule has 0 amide bonds. The number of hydrogen-bond acceptors (Lipinski definition) is 3. The molecule has 0 aliphatic rings. The third kappa shape index (κ3) is 5.79. The summed E-state index contributed by atoms with van der Waals surface area (Å²) in [6.07, 6.45) is 3.29. The van der Waals surface area contributed by atoms with Gasteiger partial charge >= 0.3 is 5.97 Å². The molecule has 0 atom stereocenters. The van der Waals surface area contributed by atoms with Crippen LogP contribution in [-0.2, 0) is 4.79 Å². The zero-order valence-corrected chi connectivity index (χ0v) is 11.7. The molecule has 0 aromatic heterocycles. The van der Waals surface area contributed by atoms with E-state index in [1.165, 1.54) is 13.3 Å². The Morgan fingerprint density at radius 1 is 1.33 bits per heavy atom. The molecule has 0 radical (unpaired) electrons. The first kappa shape index (κ1) is 14.7. The van der Waals surface area contributed by atoms with Gasteiger partial charge in [0.1, 0.15) is 5.75 Å². The first-order chi connectivity index (χ1) is 8.74. The number of unbranched alkanes of at least 4 members (excludes halogenated alkanes) is 2. The maximum Gasteiger partial charge on any atom is 0.308 e. The Labute approximate surface area is 113 Å². The van der Waals surface area contributed by atoms with Crippen molar-refractivity contribution >= 4 is 17.7 Å². The van der Waals surface area contributed by atoms with Gasteiger partial charge in [-0.1, -0.05) is 31.4 Å². The average molecular weight is 262 g/mol. The number of benzene rings is 1. The van der Waals surface area contributed by atoms with E-state index in [0.717, 1.165) is 23.5 Å². The van der Waals surface area contributed by atoms with Crippen LogP contribution in [0, 0.1) is 11.8 Å². The summed E-state index contributed by atoms with van der Waals surface area (Å²) in [5.74, 6) is 7.31. The molecular formula is C15H18O2S. The molecule has 0 saturated heterocycles. The van der Waals surface area contributed by atoms with E-state index in [9.17, 15) is 4.79 Å². The highest BCUT2D eigenvalue weighted by Gasteiger charge is 2.04. The second kappa shape index (κ2) is 8.66. The first-order valence-electron chi connectivity index (χ1n) is 6.10. The van der Waals surface area contributed by atoms with Crippen molar-refractivity contribution in [2.24, 2.45) is 0 Å². The number of ether oxygens (including phenoxy) is 1. The lowest BCUT2D eigenvalue weighted by Gasteiger charge is -2.06. The third-order valence-electron chi connectivity index (χ3n) is 2.18. The van der Waals surface area contributed by atoms with Crippen LogP contribution < -0.4 is 4.74 Å². The minimum Gasteiger partial charge on any atom is -0.426 e. The van der Waals surface area contributed by atoms with Gasteiger partial charge in [-0.05, 0) is 18.6 Å². The number of hydrogen-bond donors (Lipinski definition) is 0. The Morgan fingerprint density at radius 3 is 2.83 bits per heavy atom. The minimum absolute atomic E-state index is 0.294. The number of carbonyl (C=O) groups is 1. The topological polar surface area (TPSA) is 26.3 Å². The van der Waals surface area contributed by atoms with Crippen LogP contribution in [0.3, 0.4) is 0 Å². The maximum atomic E-state index is 11.0. The van der Waals surface area contributed by atoms with Gasteiger partial charge in [-0.3, -0.25) is 4.79 Å². The summed E-state index contributed by atoms with van der Waals surface area (Å²) in [7, 11) is 0. The summed E-state index contributed by atoms with van der Waals surface area (Å²) in [6, 6.07) is 7.53. The Balaban J connectivity index is 2.50. The largest absolute Gasteiger partial charge is 0.426 e. The SMILES string of the molecule is CCCCC#CCSc1ccccc1OC(C)=O. The van der Waals surface area contributed by atoms with Crippen LogP contribution in [0.1, 0.15) is 33.1 Å².